The van der Waals surface area contributed by atoms with Gasteiger partial charge in [0.1, 0.15) is 0 Å². The molecule has 3 heteroatoms. The molecule has 0 aliphatic carbocycles. The molecule has 0 spiro atoms. The molecule has 0 unspecified atom stereocenters. The first-order valence-corrected chi connectivity index (χ1v) is 5.12. The van der Waals surface area contributed by atoms with E-state index in [2.05, 4.69) is 12.5 Å². The molecular formula is C14H14O3. The lowest BCUT2D eigenvalue weighted by atomic mass is 10.1. The Morgan fingerprint density at radius 2 is 2.06 bits per heavy atom. The Morgan fingerprint density at radius 1 is 1.47 bits per heavy atom. The van der Waals surface area contributed by atoms with Gasteiger partial charge >= 0.3 is 5.97 Å². The fourth-order valence-electron chi connectivity index (χ4n) is 1.28. The molecule has 0 radical (unpaired) electrons. The number of ether oxygens (including phenoxy) is 1. The third kappa shape index (κ3) is 3.47. The number of aliphatic hydroxyl groups is 1. The summed E-state index contributed by atoms with van der Waals surface area (Å²) in [6, 6.07) is 8.50. The summed E-state index contributed by atoms with van der Waals surface area (Å²) in [6.45, 7) is 5.28. The van der Waals surface area contributed by atoms with Crippen LogP contribution < -0.4 is 0 Å². The first-order valence-electron chi connectivity index (χ1n) is 5.12. The molecule has 17 heavy (non-hydrogen) atoms. The Morgan fingerprint density at radius 3 is 2.53 bits per heavy atom. The van der Waals surface area contributed by atoms with Crippen LogP contribution >= 0.6 is 0 Å². The van der Waals surface area contributed by atoms with Gasteiger partial charge in [-0.05, 0) is 24.6 Å². The van der Waals surface area contributed by atoms with E-state index < -0.39 is 18.2 Å². The van der Waals surface area contributed by atoms with Gasteiger partial charge in [-0.15, -0.1) is 6.42 Å². The lowest BCUT2D eigenvalue weighted by Crippen LogP contribution is -2.31. The standard InChI is InChI=1S/C14H14O3/c1-4-12(15)13(10(2)3)17-14(16)11-8-6-5-7-9-11/h1,5-9,12-13,15H,2H2,3H3/t12-,13+/m0/s1. The first kappa shape index (κ1) is 13.0. The number of carbonyl (C=O) groups excluding carboxylic acids is 1. The van der Waals surface area contributed by atoms with E-state index in [1.807, 2.05) is 0 Å². The highest BCUT2D eigenvalue weighted by Gasteiger charge is 2.23. The Kier molecular flexibility index (Phi) is 4.50. The van der Waals surface area contributed by atoms with Crippen LogP contribution in [0.3, 0.4) is 0 Å². The Hall–Kier alpha value is -2.05. The van der Waals surface area contributed by atoms with Crippen molar-refractivity contribution in [1.82, 2.24) is 0 Å². The average molecular weight is 230 g/mol. The number of hydrogen-bond donors (Lipinski definition) is 1. The minimum absolute atomic E-state index is 0.406. The lowest BCUT2D eigenvalue weighted by molar-refractivity contribution is 0.0115. The number of rotatable bonds is 4. The summed E-state index contributed by atoms with van der Waals surface area (Å²) in [4.78, 5) is 11.7. The zero-order valence-electron chi connectivity index (χ0n) is 9.59. The van der Waals surface area contributed by atoms with Gasteiger partial charge in [0.25, 0.3) is 0 Å². The molecule has 1 aromatic carbocycles. The predicted octanol–water partition coefficient (Wildman–Crippen LogP) is 1.78. The molecule has 1 aromatic rings. The van der Waals surface area contributed by atoms with Gasteiger partial charge in [0.15, 0.2) is 12.2 Å². The van der Waals surface area contributed by atoms with Crippen molar-refractivity contribution in [3.05, 3.63) is 48.0 Å². The molecule has 3 nitrogen and oxygen atoms in total. The van der Waals surface area contributed by atoms with Crippen LogP contribution in [0.5, 0.6) is 0 Å². The SMILES string of the molecule is C#C[C@H](O)[C@H](OC(=O)c1ccccc1)C(=C)C. The number of aliphatic hydroxyl groups excluding tert-OH is 1. The van der Waals surface area contributed by atoms with E-state index in [-0.39, 0.29) is 0 Å². The van der Waals surface area contributed by atoms with Crippen molar-refractivity contribution in [3.63, 3.8) is 0 Å². The quantitative estimate of drug-likeness (QED) is 0.487. The number of benzene rings is 1. The van der Waals surface area contributed by atoms with Crippen LogP contribution in [-0.4, -0.2) is 23.3 Å². The van der Waals surface area contributed by atoms with E-state index in [0.717, 1.165) is 0 Å². The Bertz CT molecular complexity index is 442. The fourth-order valence-corrected chi connectivity index (χ4v) is 1.28. The topological polar surface area (TPSA) is 46.5 Å². The van der Waals surface area contributed by atoms with Gasteiger partial charge < -0.3 is 9.84 Å². The molecule has 2 atom stereocenters. The van der Waals surface area contributed by atoms with Gasteiger partial charge in [-0.1, -0.05) is 30.7 Å². The summed E-state index contributed by atoms with van der Waals surface area (Å²) in [7, 11) is 0. The second kappa shape index (κ2) is 5.88. The normalized spacial score (nSPS) is 13.2. The molecule has 0 fully saturated rings. The van der Waals surface area contributed by atoms with Crippen molar-refractivity contribution in [2.75, 3.05) is 0 Å². The minimum atomic E-state index is -1.18. The first-order chi connectivity index (χ1) is 8.06. The summed E-state index contributed by atoms with van der Waals surface area (Å²) < 4.78 is 5.12. The van der Waals surface area contributed by atoms with Crippen LogP contribution in [0.25, 0.3) is 0 Å². The second-order valence-corrected chi connectivity index (χ2v) is 3.65. The van der Waals surface area contributed by atoms with E-state index in [1.54, 1.807) is 37.3 Å². The zero-order chi connectivity index (χ0) is 12.8. The number of hydrogen-bond acceptors (Lipinski definition) is 3. The third-order valence-electron chi connectivity index (χ3n) is 2.19. The maximum Gasteiger partial charge on any atom is 0.338 e. The van der Waals surface area contributed by atoms with E-state index in [0.29, 0.717) is 11.1 Å². The van der Waals surface area contributed by atoms with Crippen molar-refractivity contribution in [1.29, 1.82) is 0 Å². The molecule has 0 aliphatic heterocycles. The minimum Gasteiger partial charge on any atom is -0.450 e. The van der Waals surface area contributed by atoms with Gasteiger partial charge in [0.2, 0.25) is 0 Å². The molecule has 88 valence electrons. The highest BCUT2D eigenvalue weighted by atomic mass is 16.6. The number of esters is 1. The molecule has 0 amide bonds. The highest BCUT2D eigenvalue weighted by molar-refractivity contribution is 5.89. The van der Waals surface area contributed by atoms with Gasteiger partial charge in [-0.25, -0.2) is 4.79 Å². The van der Waals surface area contributed by atoms with Crippen molar-refractivity contribution < 1.29 is 14.6 Å². The largest absolute Gasteiger partial charge is 0.450 e. The van der Waals surface area contributed by atoms with E-state index in [9.17, 15) is 9.90 Å². The maximum absolute atomic E-state index is 11.7. The van der Waals surface area contributed by atoms with E-state index in [4.69, 9.17) is 11.2 Å². The van der Waals surface area contributed by atoms with Crippen LogP contribution in [0.4, 0.5) is 0 Å². The molecule has 0 bridgehead atoms. The van der Waals surface area contributed by atoms with Crippen LogP contribution in [0, 0.1) is 12.3 Å². The molecule has 0 aliphatic rings. The fraction of sp³-hybridized carbons (Fsp3) is 0.214. The van der Waals surface area contributed by atoms with Gasteiger partial charge in [-0.3, -0.25) is 0 Å². The molecule has 1 N–H and O–H groups in total. The summed E-state index contributed by atoms with van der Waals surface area (Å²) in [6.07, 6.45) is 3.03. The van der Waals surface area contributed by atoms with Crippen LogP contribution in [-0.2, 0) is 4.74 Å². The van der Waals surface area contributed by atoms with Crippen molar-refractivity contribution in [2.24, 2.45) is 0 Å². The Labute approximate surface area is 101 Å². The zero-order valence-corrected chi connectivity index (χ0v) is 9.59. The van der Waals surface area contributed by atoms with Crippen molar-refractivity contribution in [3.8, 4) is 12.3 Å². The van der Waals surface area contributed by atoms with Crippen LogP contribution in [0.15, 0.2) is 42.5 Å². The summed E-state index contributed by atoms with van der Waals surface area (Å²) in [5.41, 5.74) is 0.905. The molecule has 0 aromatic heterocycles. The van der Waals surface area contributed by atoms with E-state index in [1.165, 1.54) is 0 Å². The number of carbonyl (C=O) groups is 1. The third-order valence-corrected chi connectivity index (χ3v) is 2.19. The summed E-state index contributed by atoms with van der Waals surface area (Å²) >= 11 is 0. The maximum atomic E-state index is 11.7. The van der Waals surface area contributed by atoms with Crippen molar-refractivity contribution >= 4 is 5.97 Å². The van der Waals surface area contributed by atoms with Crippen molar-refractivity contribution in [2.45, 2.75) is 19.1 Å². The lowest BCUT2D eigenvalue weighted by Gasteiger charge is -2.19. The average Bonchev–Trinajstić information content (AvgIpc) is 2.35. The summed E-state index contributed by atoms with van der Waals surface area (Å²) in [5, 5.41) is 9.51. The Balaban J connectivity index is 2.79. The van der Waals surface area contributed by atoms with Crippen LogP contribution in [0.1, 0.15) is 17.3 Å². The van der Waals surface area contributed by atoms with Gasteiger partial charge in [0, 0.05) is 0 Å². The van der Waals surface area contributed by atoms with E-state index >= 15 is 0 Å². The highest BCUT2D eigenvalue weighted by Crippen LogP contribution is 2.12. The molecule has 1 rings (SSSR count). The van der Waals surface area contributed by atoms with Gasteiger partial charge in [-0.2, -0.15) is 0 Å². The number of terminal acetylenes is 1. The molecular weight excluding hydrogens is 216 g/mol. The monoisotopic (exact) mass is 230 g/mol. The van der Waals surface area contributed by atoms with Crippen LogP contribution in [0.2, 0.25) is 0 Å². The second-order valence-electron chi connectivity index (χ2n) is 3.65. The smallest absolute Gasteiger partial charge is 0.338 e. The summed E-state index contributed by atoms with van der Waals surface area (Å²) in [5.74, 6) is 1.59. The van der Waals surface area contributed by atoms with Gasteiger partial charge in [0.05, 0.1) is 5.56 Å². The predicted molar refractivity (Wildman–Crippen MR) is 65.3 cm³/mol. The molecule has 0 saturated heterocycles. The molecule has 0 saturated carbocycles. The molecule has 0 heterocycles.